The highest BCUT2D eigenvalue weighted by molar-refractivity contribution is 6.18. The van der Waals surface area contributed by atoms with Crippen LogP contribution in [0.3, 0.4) is 0 Å². The molecule has 1 aromatic heterocycles. The summed E-state index contributed by atoms with van der Waals surface area (Å²) in [6.45, 7) is 5.49. The third-order valence-corrected chi connectivity index (χ3v) is 2.44. The molecule has 0 bridgehead atoms. The van der Waals surface area contributed by atoms with Crippen LogP contribution in [0.1, 0.15) is 13.8 Å². The van der Waals surface area contributed by atoms with E-state index in [0.29, 0.717) is 24.3 Å². The van der Waals surface area contributed by atoms with Gasteiger partial charge in [-0.15, -0.1) is 11.6 Å². The van der Waals surface area contributed by atoms with Gasteiger partial charge >= 0.3 is 0 Å². The number of hydrogen-bond acceptors (Lipinski definition) is 3. The second kappa shape index (κ2) is 6.51. The zero-order chi connectivity index (χ0) is 11.1. The average molecular weight is 229 g/mol. The van der Waals surface area contributed by atoms with Crippen LogP contribution in [-0.2, 0) is 0 Å². The number of nitrogens with zero attached hydrogens (tertiary/aromatic N) is 1. The summed E-state index contributed by atoms with van der Waals surface area (Å²) in [7, 11) is 0. The average Bonchev–Trinajstić information content (AvgIpc) is 2.27. The van der Waals surface area contributed by atoms with E-state index in [4.69, 9.17) is 16.3 Å². The van der Waals surface area contributed by atoms with E-state index < -0.39 is 0 Å². The molecule has 0 fully saturated rings. The summed E-state index contributed by atoms with van der Waals surface area (Å²) in [5.74, 6) is 2.57. The highest BCUT2D eigenvalue weighted by atomic mass is 35.5. The standard InChI is InChI=1S/C11H17ClN2O/c1-3-15-11-6-4-5-10(14-11)13-8-9(2)7-12/h4-6,9H,3,7-8H2,1-2H3,(H,13,14). The van der Waals surface area contributed by atoms with Gasteiger partial charge in [0.25, 0.3) is 0 Å². The molecule has 0 saturated carbocycles. The van der Waals surface area contributed by atoms with Crippen molar-refractivity contribution in [1.29, 1.82) is 0 Å². The third-order valence-electron chi connectivity index (χ3n) is 1.91. The van der Waals surface area contributed by atoms with E-state index in [9.17, 15) is 0 Å². The summed E-state index contributed by atoms with van der Waals surface area (Å²) in [5.41, 5.74) is 0. The number of alkyl halides is 1. The fourth-order valence-corrected chi connectivity index (χ4v) is 1.18. The van der Waals surface area contributed by atoms with Crippen molar-refractivity contribution in [2.24, 2.45) is 5.92 Å². The first-order valence-electron chi connectivity index (χ1n) is 5.16. The Balaban J connectivity index is 2.50. The summed E-state index contributed by atoms with van der Waals surface area (Å²) in [6.07, 6.45) is 0. The summed E-state index contributed by atoms with van der Waals surface area (Å²) in [5, 5.41) is 3.22. The minimum atomic E-state index is 0.434. The molecular weight excluding hydrogens is 212 g/mol. The lowest BCUT2D eigenvalue weighted by Crippen LogP contribution is -2.13. The van der Waals surface area contributed by atoms with Gasteiger partial charge in [-0.25, -0.2) is 0 Å². The van der Waals surface area contributed by atoms with Crippen LogP contribution < -0.4 is 10.1 Å². The van der Waals surface area contributed by atoms with E-state index in [1.54, 1.807) is 0 Å². The SMILES string of the molecule is CCOc1cccc(NCC(C)CCl)n1. The summed E-state index contributed by atoms with van der Waals surface area (Å²) >= 11 is 5.71. The first-order chi connectivity index (χ1) is 7.26. The van der Waals surface area contributed by atoms with E-state index in [1.807, 2.05) is 25.1 Å². The van der Waals surface area contributed by atoms with Crippen LogP contribution >= 0.6 is 11.6 Å². The van der Waals surface area contributed by atoms with Gasteiger partial charge in [0.1, 0.15) is 5.82 Å². The highest BCUT2D eigenvalue weighted by Gasteiger charge is 2.01. The molecule has 0 amide bonds. The van der Waals surface area contributed by atoms with Gasteiger partial charge in [0, 0.05) is 18.5 Å². The van der Waals surface area contributed by atoms with Crippen molar-refractivity contribution >= 4 is 17.4 Å². The minimum Gasteiger partial charge on any atom is -0.478 e. The van der Waals surface area contributed by atoms with Crippen molar-refractivity contribution in [3.63, 3.8) is 0 Å². The lowest BCUT2D eigenvalue weighted by molar-refractivity contribution is 0.327. The summed E-state index contributed by atoms with van der Waals surface area (Å²) in [6, 6.07) is 5.69. The van der Waals surface area contributed by atoms with Crippen LogP contribution in [0.2, 0.25) is 0 Å². The Morgan fingerprint density at radius 1 is 1.53 bits per heavy atom. The maximum absolute atomic E-state index is 5.71. The van der Waals surface area contributed by atoms with E-state index >= 15 is 0 Å². The second-order valence-corrected chi connectivity index (χ2v) is 3.74. The first-order valence-corrected chi connectivity index (χ1v) is 5.69. The molecule has 4 heteroatoms. The minimum absolute atomic E-state index is 0.434. The van der Waals surface area contributed by atoms with Crippen molar-refractivity contribution in [2.75, 3.05) is 24.3 Å². The van der Waals surface area contributed by atoms with Crippen LogP contribution in [0.25, 0.3) is 0 Å². The molecule has 0 saturated heterocycles. The first kappa shape index (κ1) is 12.1. The molecule has 1 unspecified atom stereocenters. The van der Waals surface area contributed by atoms with E-state index in [2.05, 4.69) is 17.2 Å². The van der Waals surface area contributed by atoms with Gasteiger partial charge in [-0.1, -0.05) is 13.0 Å². The third kappa shape index (κ3) is 4.38. The topological polar surface area (TPSA) is 34.1 Å². The number of halogens is 1. The largest absolute Gasteiger partial charge is 0.478 e. The van der Waals surface area contributed by atoms with Gasteiger partial charge < -0.3 is 10.1 Å². The molecule has 15 heavy (non-hydrogen) atoms. The zero-order valence-electron chi connectivity index (χ0n) is 9.16. The number of aromatic nitrogens is 1. The molecule has 0 aliphatic rings. The predicted molar refractivity (Wildman–Crippen MR) is 63.8 cm³/mol. The van der Waals surface area contributed by atoms with Gasteiger partial charge in [0.2, 0.25) is 5.88 Å². The number of hydrogen-bond donors (Lipinski definition) is 1. The Morgan fingerprint density at radius 3 is 3.00 bits per heavy atom. The van der Waals surface area contributed by atoms with Gasteiger partial charge in [0.05, 0.1) is 6.61 Å². The lowest BCUT2D eigenvalue weighted by atomic mass is 10.2. The fraction of sp³-hybridized carbons (Fsp3) is 0.545. The number of nitrogens with one attached hydrogen (secondary N) is 1. The Morgan fingerprint density at radius 2 is 2.33 bits per heavy atom. The van der Waals surface area contributed by atoms with Crippen molar-refractivity contribution in [1.82, 2.24) is 4.98 Å². The molecule has 3 nitrogen and oxygen atoms in total. The Kier molecular flexibility index (Phi) is 5.26. The normalized spacial score (nSPS) is 12.2. The van der Waals surface area contributed by atoms with Crippen molar-refractivity contribution in [3.8, 4) is 5.88 Å². The molecule has 0 radical (unpaired) electrons. The van der Waals surface area contributed by atoms with E-state index in [1.165, 1.54) is 0 Å². The highest BCUT2D eigenvalue weighted by Crippen LogP contribution is 2.11. The monoisotopic (exact) mass is 228 g/mol. The molecule has 1 atom stereocenters. The van der Waals surface area contributed by atoms with Crippen LogP contribution in [0, 0.1) is 5.92 Å². The zero-order valence-corrected chi connectivity index (χ0v) is 9.92. The molecule has 1 heterocycles. The lowest BCUT2D eigenvalue weighted by Gasteiger charge is -2.10. The quantitative estimate of drug-likeness (QED) is 0.761. The van der Waals surface area contributed by atoms with Gasteiger partial charge in [-0.3, -0.25) is 0 Å². The van der Waals surface area contributed by atoms with Gasteiger partial charge in [-0.05, 0) is 18.9 Å². The van der Waals surface area contributed by atoms with Crippen molar-refractivity contribution in [3.05, 3.63) is 18.2 Å². The maximum atomic E-state index is 5.71. The molecule has 0 aliphatic carbocycles. The maximum Gasteiger partial charge on any atom is 0.215 e. The summed E-state index contributed by atoms with van der Waals surface area (Å²) < 4.78 is 5.30. The van der Waals surface area contributed by atoms with Crippen LogP contribution in [0.15, 0.2) is 18.2 Å². The molecule has 0 aromatic carbocycles. The fourth-order valence-electron chi connectivity index (χ4n) is 1.07. The predicted octanol–water partition coefficient (Wildman–Crippen LogP) is 2.77. The molecule has 84 valence electrons. The molecule has 1 N–H and O–H groups in total. The molecular formula is C11H17ClN2O. The smallest absolute Gasteiger partial charge is 0.215 e. The molecule has 1 rings (SSSR count). The number of pyridine rings is 1. The van der Waals surface area contributed by atoms with Crippen molar-refractivity contribution < 1.29 is 4.74 Å². The van der Waals surface area contributed by atoms with Gasteiger partial charge in [-0.2, -0.15) is 4.98 Å². The van der Waals surface area contributed by atoms with Crippen molar-refractivity contribution in [2.45, 2.75) is 13.8 Å². The molecule has 1 aromatic rings. The number of anilines is 1. The number of rotatable bonds is 6. The molecule has 0 spiro atoms. The summed E-state index contributed by atoms with van der Waals surface area (Å²) in [4.78, 5) is 4.29. The Hall–Kier alpha value is -0.960. The van der Waals surface area contributed by atoms with E-state index in [-0.39, 0.29) is 0 Å². The van der Waals surface area contributed by atoms with Crippen LogP contribution in [0.5, 0.6) is 5.88 Å². The molecule has 0 aliphatic heterocycles. The van der Waals surface area contributed by atoms with Crippen LogP contribution in [-0.4, -0.2) is 24.0 Å². The number of ether oxygens (including phenoxy) is 1. The Bertz CT molecular complexity index is 294. The van der Waals surface area contributed by atoms with E-state index in [0.717, 1.165) is 12.4 Å². The Labute approximate surface area is 95.8 Å². The van der Waals surface area contributed by atoms with Crippen LogP contribution in [0.4, 0.5) is 5.82 Å². The second-order valence-electron chi connectivity index (χ2n) is 3.43. The van der Waals surface area contributed by atoms with Gasteiger partial charge in [0.15, 0.2) is 0 Å².